The molecule has 4 nitrogen and oxygen atoms in total. The second kappa shape index (κ2) is 3.83. The minimum absolute atomic E-state index is 0.0811. The monoisotopic (exact) mass is 223 g/mol. The molecule has 0 aromatic carbocycles. The first-order chi connectivity index (χ1) is 8.34. The van der Waals surface area contributed by atoms with Crippen LogP contribution in [0.2, 0.25) is 0 Å². The van der Waals surface area contributed by atoms with E-state index in [4.69, 9.17) is 0 Å². The van der Waals surface area contributed by atoms with Crippen LogP contribution in [0.25, 0.3) is 16.9 Å². The van der Waals surface area contributed by atoms with Crippen molar-refractivity contribution in [2.24, 2.45) is 0 Å². The number of rotatable bonds is 1. The number of hydrogen-bond donors (Lipinski definition) is 0. The molecule has 0 aliphatic rings. The van der Waals surface area contributed by atoms with Crippen LogP contribution in [0.1, 0.15) is 0 Å². The molecule has 0 aliphatic heterocycles. The molecule has 4 heteroatoms. The van der Waals surface area contributed by atoms with Crippen LogP contribution in [0, 0.1) is 0 Å². The Morgan fingerprint density at radius 2 is 1.88 bits per heavy atom. The molecule has 0 spiro atoms. The van der Waals surface area contributed by atoms with Crippen LogP contribution in [0.5, 0.6) is 0 Å². The Hall–Kier alpha value is -2.49. The van der Waals surface area contributed by atoms with E-state index in [2.05, 4.69) is 9.97 Å². The predicted molar refractivity (Wildman–Crippen MR) is 64.7 cm³/mol. The van der Waals surface area contributed by atoms with E-state index in [1.54, 1.807) is 18.6 Å². The summed E-state index contributed by atoms with van der Waals surface area (Å²) in [4.78, 5) is 20.3. The van der Waals surface area contributed by atoms with Gasteiger partial charge in [0, 0.05) is 30.2 Å². The Morgan fingerprint density at radius 3 is 2.71 bits per heavy atom. The fourth-order valence-electron chi connectivity index (χ4n) is 1.72. The first-order valence-electron chi connectivity index (χ1n) is 5.23. The van der Waals surface area contributed by atoms with Gasteiger partial charge < -0.3 is 0 Å². The molecular formula is C13H9N3O. The van der Waals surface area contributed by atoms with E-state index < -0.39 is 0 Å². The Morgan fingerprint density at radius 1 is 1.06 bits per heavy atom. The third-order valence-electron chi connectivity index (χ3n) is 2.55. The van der Waals surface area contributed by atoms with Crippen molar-refractivity contribution in [3.05, 3.63) is 65.3 Å². The third kappa shape index (κ3) is 1.69. The van der Waals surface area contributed by atoms with Crippen LogP contribution >= 0.6 is 0 Å². The van der Waals surface area contributed by atoms with Gasteiger partial charge in [-0.1, -0.05) is 6.07 Å². The molecule has 0 saturated heterocycles. The van der Waals surface area contributed by atoms with Gasteiger partial charge in [-0.3, -0.25) is 14.2 Å². The van der Waals surface area contributed by atoms with E-state index in [1.807, 2.05) is 30.3 Å². The van der Waals surface area contributed by atoms with Crippen molar-refractivity contribution in [1.29, 1.82) is 0 Å². The third-order valence-corrected chi connectivity index (χ3v) is 2.55. The summed E-state index contributed by atoms with van der Waals surface area (Å²) in [6.07, 6.45) is 5.08. The van der Waals surface area contributed by atoms with Crippen LogP contribution in [-0.4, -0.2) is 14.4 Å². The topological polar surface area (TPSA) is 47.3 Å². The van der Waals surface area contributed by atoms with Gasteiger partial charge in [0.05, 0.1) is 5.69 Å². The van der Waals surface area contributed by atoms with Crippen molar-refractivity contribution in [3.8, 4) is 11.3 Å². The summed E-state index contributed by atoms with van der Waals surface area (Å²) in [6.45, 7) is 0. The molecule has 0 aliphatic carbocycles. The molecule has 0 fully saturated rings. The highest BCUT2D eigenvalue weighted by Crippen LogP contribution is 2.14. The van der Waals surface area contributed by atoms with E-state index in [9.17, 15) is 4.79 Å². The zero-order chi connectivity index (χ0) is 11.7. The lowest BCUT2D eigenvalue weighted by Crippen LogP contribution is -2.13. The highest BCUT2D eigenvalue weighted by molar-refractivity contribution is 5.60. The quantitative estimate of drug-likeness (QED) is 0.631. The average Bonchev–Trinajstić information content (AvgIpc) is 2.40. The molecule has 3 aromatic heterocycles. The standard InChI is InChI=1S/C13H9N3O/c17-13-9-11(10-4-6-14-7-5-10)15-12-3-1-2-8-16(12)13/h1-9H. The van der Waals surface area contributed by atoms with E-state index >= 15 is 0 Å². The van der Waals surface area contributed by atoms with Crippen LogP contribution in [0.4, 0.5) is 0 Å². The van der Waals surface area contributed by atoms with Gasteiger partial charge in [-0.25, -0.2) is 4.98 Å². The summed E-state index contributed by atoms with van der Waals surface area (Å²) < 4.78 is 1.52. The van der Waals surface area contributed by atoms with Gasteiger partial charge in [-0.15, -0.1) is 0 Å². The predicted octanol–water partition coefficient (Wildman–Crippen LogP) is 1.76. The Labute approximate surface area is 97.2 Å². The lowest BCUT2D eigenvalue weighted by molar-refractivity contribution is 1.05. The van der Waals surface area contributed by atoms with Crippen LogP contribution < -0.4 is 5.56 Å². The second-order valence-electron chi connectivity index (χ2n) is 3.64. The summed E-state index contributed by atoms with van der Waals surface area (Å²) >= 11 is 0. The molecule has 3 heterocycles. The fourth-order valence-corrected chi connectivity index (χ4v) is 1.72. The SMILES string of the molecule is O=c1cc(-c2ccncc2)nc2ccccn12. The van der Waals surface area contributed by atoms with Crippen molar-refractivity contribution >= 4 is 5.65 Å². The van der Waals surface area contributed by atoms with Crippen LogP contribution in [0.15, 0.2) is 59.8 Å². The highest BCUT2D eigenvalue weighted by atomic mass is 16.1. The van der Waals surface area contributed by atoms with Crippen molar-refractivity contribution in [2.75, 3.05) is 0 Å². The summed E-state index contributed by atoms with van der Waals surface area (Å²) in [5.74, 6) is 0. The lowest BCUT2D eigenvalue weighted by Gasteiger charge is -2.03. The van der Waals surface area contributed by atoms with Crippen molar-refractivity contribution < 1.29 is 0 Å². The maximum absolute atomic E-state index is 11.9. The Kier molecular flexibility index (Phi) is 2.19. The van der Waals surface area contributed by atoms with Gasteiger partial charge in [0.25, 0.3) is 5.56 Å². The number of nitrogens with zero attached hydrogens (tertiary/aromatic N) is 3. The Balaban J connectivity index is 2.30. The molecule has 3 rings (SSSR count). The first-order valence-corrected chi connectivity index (χ1v) is 5.23. The number of fused-ring (bicyclic) bond motifs is 1. The molecule has 0 unspecified atom stereocenters. The fraction of sp³-hybridized carbons (Fsp3) is 0. The van der Waals surface area contributed by atoms with Gasteiger partial charge in [0.2, 0.25) is 0 Å². The van der Waals surface area contributed by atoms with Crippen LogP contribution in [-0.2, 0) is 0 Å². The maximum Gasteiger partial charge on any atom is 0.258 e. The van der Waals surface area contributed by atoms with Crippen molar-refractivity contribution in [1.82, 2.24) is 14.4 Å². The van der Waals surface area contributed by atoms with Gasteiger partial charge in [-0.2, -0.15) is 0 Å². The Bertz CT molecular complexity index is 719. The van der Waals surface area contributed by atoms with E-state index in [1.165, 1.54) is 10.5 Å². The van der Waals surface area contributed by atoms with Crippen molar-refractivity contribution in [3.63, 3.8) is 0 Å². The van der Waals surface area contributed by atoms with E-state index in [-0.39, 0.29) is 5.56 Å². The summed E-state index contributed by atoms with van der Waals surface area (Å²) in [5, 5.41) is 0. The summed E-state index contributed by atoms with van der Waals surface area (Å²) in [7, 11) is 0. The molecular weight excluding hydrogens is 214 g/mol. The highest BCUT2D eigenvalue weighted by Gasteiger charge is 2.03. The molecule has 3 aromatic rings. The number of hydrogen-bond acceptors (Lipinski definition) is 3. The zero-order valence-corrected chi connectivity index (χ0v) is 8.95. The number of pyridine rings is 2. The molecule has 0 bridgehead atoms. The average molecular weight is 223 g/mol. The van der Waals surface area contributed by atoms with Crippen LogP contribution in [0.3, 0.4) is 0 Å². The van der Waals surface area contributed by atoms with Crippen molar-refractivity contribution in [2.45, 2.75) is 0 Å². The van der Waals surface area contributed by atoms with Gasteiger partial charge in [0.15, 0.2) is 0 Å². The maximum atomic E-state index is 11.9. The molecule has 82 valence electrons. The van der Waals surface area contributed by atoms with Gasteiger partial charge in [0.1, 0.15) is 5.65 Å². The molecule has 0 amide bonds. The molecule has 0 radical (unpaired) electrons. The van der Waals surface area contributed by atoms with Gasteiger partial charge >= 0.3 is 0 Å². The van der Waals surface area contributed by atoms with Gasteiger partial charge in [-0.05, 0) is 24.3 Å². The normalized spacial score (nSPS) is 10.6. The molecule has 17 heavy (non-hydrogen) atoms. The second-order valence-corrected chi connectivity index (χ2v) is 3.64. The lowest BCUT2D eigenvalue weighted by atomic mass is 10.2. The smallest absolute Gasteiger partial charge is 0.258 e. The number of aromatic nitrogens is 3. The van der Waals surface area contributed by atoms with E-state index in [0.29, 0.717) is 11.3 Å². The molecule has 0 N–H and O–H groups in total. The minimum Gasteiger partial charge on any atom is -0.269 e. The summed E-state index contributed by atoms with van der Waals surface area (Å²) in [6, 6.07) is 10.7. The first kappa shape index (κ1) is 9.72. The zero-order valence-electron chi connectivity index (χ0n) is 8.95. The van der Waals surface area contributed by atoms with E-state index in [0.717, 1.165) is 5.56 Å². The molecule has 0 saturated carbocycles. The minimum atomic E-state index is -0.0811. The largest absolute Gasteiger partial charge is 0.269 e. The molecule has 0 atom stereocenters. The summed E-state index contributed by atoms with van der Waals surface area (Å²) in [5.41, 5.74) is 2.13.